The van der Waals surface area contributed by atoms with E-state index in [2.05, 4.69) is 40.5 Å². The average molecular weight is 296 g/mol. The predicted octanol–water partition coefficient (Wildman–Crippen LogP) is 3.48. The van der Waals surface area contributed by atoms with Crippen LogP contribution >= 0.6 is 12.2 Å². The van der Waals surface area contributed by atoms with Crippen LogP contribution < -0.4 is 10.6 Å². The molecule has 0 atom stereocenters. The fourth-order valence-electron chi connectivity index (χ4n) is 2.30. The largest absolute Gasteiger partial charge is 0.360 e. The summed E-state index contributed by atoms with van der Waals surface area (Å²) in [4.78, 5) is 8.91. The minimum Gasteiger partial charge on any atom is -0.360 e. The van der Waals surface area contributed by atoms with Crippen molar-refractivity contribution in [3.63, 3.8) is 0 Å². The lowest BCUT2D eigenvalue weighted by Crippen LogP contribution is -2.33. The summed E-state index contributed by atoms with van der Waals surface area (Å²) >= 11 is 5.34. The molecule has 0 aliphatic heterocycles. The van der Waals surface area contributed by atoms with Crippen LogP contribution in [0, 0.1) is 0 Å². The van der Waals surface area contributed by atoms with Gasteiger partial charge in [0, 0.05) is 29.2 Å². The first-order valence-corrected chi connectivity index (χ1v) is 7.26. The Kier molecular flexibility index (Phi) is 3.66. The van der Waals surface area contributed by atoms with E-state index in [1.165, 1.54) is 0 Å². The molecule has 0 radical (unpaired) electrons. The van der Waals surface area contributed by atoms with Crippen molar-refractivity contribution in [2.75, 3.05) is 5.32 Å². The highest BCUT2D eigenvalue weighted by Crippen LogP contribution is 2.29. The first-order chi connectivity index (χ1) is 10.1. The second-order valence-electron chi connectivity index (χ2n) is 5.15. The van der Waals surface area contributed by atoms with Gasteiger partial charge < -0.3 is 10.6 Å². The molecule has 0 aliphatic carbocycles. The Hall–Kier alpha value is -2.27. The lowest BCUT2D eigenvalue weighted by Gasteiger charge is -2.15. The fourth-order valence-corrected chi connectivity index (χ4v) is 2.65. The second-order valence-corrected chi connectivity index (χ2v) is 5.56. The number of nitrogens with one attached hydrogen (secondary N) is 2. The summed E-state index contributed by atoms with van der Waals surface area (Å²) in [7, 11) is 0. The van der Waals surface area contributed by atoms with Gasteiger partial charge in [0.15, 0.2) is 5.11 Å². The molecule has 0 fully saturated rings. The molecule has 5 heteroatoms. The third-order valence-electron chi connectivity index (χ3n) is 3.13. The van der Waals surface area contributed by atoms with Crippen molar-refractivity contribution in [3.8, 4) is 0 Å². The van der Waals surface area contributed by atoms with E-state index < -0.39 is 0 Å². The van der Waals surface area contributed by atoms with Gasteiger partial charge in [0.2, 0.25) is 0 Å². The maximum absolute atomic E-state index is 5.34. The first-order valence-electron chi connectivity index (χ1n) is 6.85. The lowest BCUT2D eigenvalue weighted by atomic mass is 10.1. The molecule has 0 aliphatic rings. The van der Waals surface area contributed by atoms with Crippen LogP contribution in [0.2, 0.25) is 0 Å². The van der Waals surface area contributed by atoms with Gasteiger partial charge in [-0.05, 0) is 50.3 Å². The van der Waals surface area contributed by atoms with Crippen molar-refractivity contribution in [1.82, 2.24) is 15.3 Å². The zero-order chi connectivity index (χ0) is 14.8. The number of aromatic nitrogens is 2. The topological polar surface area (TPSA) is 49.8 Å². The molecule has 1 aromatic carbocycles. The number of hydrogen-bond donors (Lipinski definition) is 2. The number of thiocarbonyl (C=S) groups is 1. The maximum Gasteiger partial charge on any atom is 0.170 e. The highest BCUT2D eigenvalue weighted by atomic mass is 32.1. The van der Waals surface area contributed by atoms with Crippen LogP contribution in [0.25, 0.3) is 21.8 Å². The van der Waals surface area contributed by atoms with Crippen molar-refractivity contribution >= 4 is 44.8 Å². The van der Waals surface area contributed by atoms with Crippen molar-refractivity contribution in [2.45, 2.75) is 19.9 Å². The summed E-state index contributed by atoms with van der Waals surface area (Å²) in [5.74, 6) is 0. The highest BCUT2D eigenvalue weighted by Gasteiger charge is 2.09. The number of rotatable bonds is 2. The van der Waals surface area contributed by atoms with Gasteiger partial charge in [-0.2, -0.15) is 0 Å². The Morgan fingerprint density at radius 1 is 1.10 bits per heavy atom. The Balaban J connectivity index is 2.14. The zero-order valence-corrected chi connectivity index (χ0v) is 12.7. The summed E-state index contributed by atoms with van der Waals surface area (Å²) in [6.07, 6.45) is 3.57. The molecule has 3 aromatic rings. The van der Waals surface area contributed by atoms with Crippen LogP contribution in [0.3, 0.4) is 0 Å². The number of pyridine rings is 2. The summed E-state index contributed by atoms with van der Waals surface area (Å²) in [6.45, 7) is 4.11. The molecule has 106 valence electrons. The Morgan fingerprint density at radius 2 is 1.81 bits per heavy atom. The minimum absolute atomic E-state index is 0.288. The third-order valence-corrected chi connectivity index (χ3v) is 3.35. The molecule has 2 aromatic heterocycles. The number of hydrogen-bond acceptors (Lipinski definition) is 3. The van der Waals surface area contributed by atoms with E-state index in [1.54, 1.807) is 12.4 Å². The normalized spacial score (nSPS) is 11.0. The van der Waals surface area contributed by atoms with E-state index in [9.17, 15) is 0 Å². The van der Waals surface area contributed by atoms with Gasteiger partial charge in [0.1, 0.15) is 0 Å². The van der Waals surface area contributed by atoms with Crippen LogP contribution in [0.4, 0.5) is 5.69 Å². The van der Waals surface area contributed by atoms with Crippen LogP contribution in [-0.2, 0) is 0 Å². The summed E-state index contributed by atoms with van der Waals surface area (Å²) in [5.41, 5.74) is 2.73. The van der Waals surface area contributed by atoms with Gasteiger partial charge in [-0.3, -0.25) is 9.97 Å². The second kappa shape index (κ2) is 5.61. The molecule has 0 spiro atoms. The monoisotopic (exact) mass is 296 g/mol. The fraction of sp³-hybridized carbons (Fsp3) is 0.188. The molecule has 4 nitrogen and oxygen atoms in total. The molecule has 2 heterocycles. The molecule has 3 rings (SSSR count). The Bertz CT molecular complexity index is 814. The van der Waals surface area contributed by atoms with Gasteiger partial charge >= 0.3 is 0 Å². The molecular weight excluding hydrogens is 280 g/mol. The van der Waals surface area contributed by atoms with Gasteiger partial charge in [-0.15, -0.1) is 0 Å². The van der Waals surface area contributed by atoms with Crippen molar-refractivity contribution in [2.24, 2.45) is 0 Å². The van der Waals surface area contributed by atoms with E-state index in [4.69, 9.17) is 12.2 Å². The zero-order valence-electron chi connectivity index (χ0n) is 11.9. The van der Waals surface area contributed by atoms with Gasteiger partial charge in [0.05, 0.1) is 16.7 Å². The maximum atomic E-state index is 5.34. The van der Waals surface area contributed by atoms with Gasteiger partial charge in [-0.1, -0.05) is 6.07 Å². The molecule has 0 saturated carbocycles. The molecular formula is C16H16N4S. The molecule has 0 unspecified atom stereocenters. The van der Waals surface area contributed by atoms with E-state index in [0.29, 0.717) is 5.11 Å². The number of benzene rings is 1. The van der Waals surface area contributed by atoms with Crippen LogP contribution in [0.15, 0.2) is 42.7 Å². The van der Waals surface area contributed by atoms with E-state index in [0.717, 1.165) is 27.5 Å². The van der Waals surface area contributed by atoms with Crippen LogP contribution in [0.1, 0.15) is 13.8 Å². The smallest absolute Gasteiger partial charge is 0.170 e. The number of nitrogens with zero attached hydrogens (tertiary/aromatic N) is 2. The molecule has 2 N–H and O–H groups in total. The SMILES string of the molecule is CC(C)NC(=S)Nc1cc2cccnc2c2ncccc12. The van der Waals surface area contributed by atoms with Gasteiger partial charge in [-0.25, -0.2) is 0 Å². The average Bonchev–Trinajstić information content (AvgIpc) is 2.46. The van der Waals surface area contributed by atoms with Gasteiger partial charge in [0.25, 0.3) is 0 Å². The van der Waals surface area contributed by atoms with Crippen LogP contribution in [0.5, 0.6) is 0 Å². The summed E-state index contributed by atoms with van der Waals surface area (Å²) < 4.78 is 0. The standard InChI is InChI=1S/C16H16N4S/c1-10(2)19-16(21)20-13-9-11-5-3-7-17-14(11)15-12(13)6-4-8-18-15/h3-10H,1-2H3,(H2,19,20,21). The number of fused-ring (bicyclic) bond motifs is 3. The first kappa shape index (κ1) is 13.7. The molecule has 0 saturated heterocycles. The Labute approximate surface area is 128 Å². The Morgan fingerprint density at radius 3 is 2.57 bits per heavy atom. The van der Waals surface area contributed by atoms with Crippen molar-refractivity contribution < 1.29 is 0 Å². The molecule has 0 bridgehead atoms. The predicted molar refractivity (Wildman–Crippen MR) is 91.5 cm³/mol. The molecule has 21 heavy (non-hydrogen) atoms. The quantitative estimate of drug-likeness (QED) is 0.560. The van der Waals surface area contributed by atoms with E-state index in [-0.39, 0.29) is 6.04 Å². The highest BCUT2D eigenvalue weighted by molar-refractivity contribution is 7.80. The van der Waals surface area contributed by atoms with Crippen molar-refractivity contribution in [1.29, 1.82) is 0 Å². The van der Waals surface area contributed by atoms with E-state index in [1.807, 2.05) is 24.3 Å². The summed E-state index contributed by atoms with van der Waals surface area (Å²) in [5, 5.41) is 9.11. The van der Waals surface area contributed by atoms with Crippen molar-refractivity contribution in [3.05, 3.63) is 42.7 Å². The number of anilines is 1. The van der Waals surface area contributed by atoms with Crippen LogP contribution in [-0.4, -0.2) is 21.1 Å². The van der Waals surface area contributed by atoms with E-state index >= 15 is 0 Å². The summed E-state index contributed by atoms with van der Waals surface area (Å²) in [6, 6.07) is 10.2. The lowest BCUT2D eigenvalue weighted by molar-refractivity contribution is 0.739. The minimum atomic E-state index is 0.288. The third kappa shape index (κ3) is 2.78. The molecule has 0 amide bonds.